The molecule has 3 saturated carbocycles. The highest BCUT2D eigenvalue weighted by atomic mass is 14.6. The van der Waals surface area contributed by atoms with Gasteiger partial charge in [0.2, 0.25) is 0 Å². The summed E-state index contributed by atoms with van der Waals surface area (Å²) in [6.07, 6.45) is 9.49. The Hall–Kier alpha value is 0. The molecule has 0 spiro atoms. The summed E-state index contributed by atoms with van der Waals surface area (Å²) < 4.78 is 0. The van der Waals surface area contributed by atoms with Crippen molar-refractivity contribution < 1.29 is 0 Å². The summed E-state index contributed by atoms with van der Waals surface area (Å²) >= 11 is 0. The van der Waals surface area contributed by atoms with E-state index < -0.39 is 0 Å². The Morgan fingerprint density at radius 1 is 0.700 bits per heavy atom. The van der Waals surface area contributed by atoms with Crippen molar-refractivity contribution in [3.05, 3.63) is 0 Å². The van der Waals surface area contributed by atoms with E-state index in [1.807, 2.05) is 0 Å². The molecule has 3 aliphatic carbocycles. The summed E-state index contributed by atoms with van der Waals surface area (Å²) in [5.74, 6) is 4.84. The first-order valence-corrected chi connectivity index (χ1v) is 4.95. The first-order chi connectivity index (χ1) is 4.95. The molecule has 0 heteroatoms. The molecule has 0 radical (unpaired) electrons. The van der Waals surface area contributed by atoms with Gasteiger partial charge in [-0.3, -0.25) is 0 Å². The Balaban J connectivity index is 1.85. The molecule has 4 atom stereocenters. The SMILES string of the molecule is C1CC[C@@H]2CC(C1)[C@H]1CC21. The molecule has 0 nitrogen and oxygen atoms in total. The van der Waals surface area contributed by atoms with Crippen LogP contribution in [0.3, 0.4) is 0 Å². The third-order valence-corrected chi connectivity index (χ3v) is 4.11. The predicted molar refractivity (Wildman–Crippen MR) is 41.7 cm³/mol. The topological polar surface area (TPSA) is 0 Å². The lowest BCUT2D eigenvalue weighted by Gasteiger charge is -2.09. The summed E-state index contributed by atoms with van der Waals surface area (Å²) in [6.45, 7) is 0. The van der Waals surface area contributed by atoms with Crippen LogP contribution >= 0.6 is 0 Å². The maximum Gasteiger partial charge on any atom is -0.0352 e. The van der Waals surface area contributed by atoms with Gasteiger partial charge in [0.25, 0.3) is 0 Å². The third-order valence-electron chi connectivity index (χ3n) is 4.11. The Labute approximate surface area is 63.0 Å². The Kier molecular flexibility index (Phi) is 1.00. The predicted octanol–water partition coefficient (Wildman–Crippen LogP) is 2.83. The van der Waals surface area contributed by atoms with Crippen LogP contribution in [0.1, 0.15) is 38.5 Å². The molecule has 10 heavy (non-hydrogen) atoms. The molecule has 0 aromatic carbocycles. The highest BCUT2D eigenvalue weighted by molar-refractivity contribution is 5.03. The molecule has 0 heterocycles. The summed E-state index contributed by atoms with van der Waals surface area (Å²) in [5, 5.41) is 0. The van der Waals surface area contributed by atoms with E-state index in [2.05, 4.69) is 0 Å². The normalized spacial score (nSPS) is 57.6. The van der Waals surface area contributed by atoms with Crippen LogP contribution in [0, 0.1) is 23.7 Å². The zero-order chi connectivity index (χ0) is 6.55. The standard InChI is InChI=1S/C10H16/c1-2-4-8-5-7(3-1)9-6-10(8)9/h7-10H,1-6H2/t7-,8?,9?,10-/m1/s1. The van der Waals surface area contributed by atoms with E-state index >= 15 is 0 Å². The van der Waals surface area contributed by atoms with E-state index in [1.165, 1.54) is 23.7 Å². The van der Waals surface area contributed by atoms with Crippen molar-refractivity contribution in [3.63, 3.8) is 0 Å². The summed E-state index contributed by atoms with van der Waals surface area (Å²) in [6, 6.07) is 0. The first-order valence-electron chi connectivity index (χ1n) is 4.95. The second-order valence-electron chi connectivity index (χ2n) is 4.60. The molecule has 3 aliphatic rings. The minimum Gasteiger partial charge on any atom is -0.0530 e. The van der Waals surface area contributed by atoms with Gasteiger partial charge in [-0.05, 0) is 36.5 Å². The Morgan fingerprint density at radius 2 is 1.30 bits per heavy atom. The second-order valence-corrected chi connectivity index (χ2v) is 4.60. The van der Waals surface area contributed by atoms with Gasteiger partial charge in [0.05, 0.1) is 0 Å². The number of hydrogen-bond acceptors (Lipinski definition) is 0. The number of fused-ring (bicyclic) bond motifs is 5. The van der Waals surface area contributed by atoms with Crippen LogP contribution in [0.25, 0.3) is 0 Å². The highest BCUT2D eigenvalue weighted by Crippen LogP contribution is 2.62. The molecular formula is C10H16. The minimum atomic E-state index is 1.19. The molecule has 2 bridgehead atoms. The van der Waals surface area contributed by atoms with E-state index in [4.69, 9.17) is 0 Å². The van der Waals surface area contributed by atoms with Crippen LogP contribution in [-0.2, 0) is 0 Å². The molecule has 3 fully saturated rings. The first kappa shape index (κ1) is 5.62. The lowest BCUT2D eigenvalue weighted by molar-refractivity contribution is 0.420. The molecule has 3 rings (SSSR count). The van der Waals surface area contributed by atoms with Crippen molar-refractivity contribution in [2.24, 2.45) is 23.7 Å². The van der Waals surface area contributed by atoms with Crippen molar-refractivity contribution in [2.75, 3.05) is 0 Å². The largest absolute Gasteiger partial charge is 0.0530 e. The molecule has 56 valence electrons. The third kappa shape index (κ3) is 0.627. The maximum atomic E-state index is 1.62. The van der Waals surface area contributed by atoms with Crippen molar-refractivity contribution in [1.82, 2.24) is 0 Å². The van der Waals surface area contributed by atoms with Gasteiger partial charge in [0.1, 0.15) is 0 Å². The molecule has 0 N–H and O–H groups in total. The van der Waals surface area contributed by atoms with Gasteiger partial charge >= 0.3 is 0 Å². The van der Waals surface area contributed by atoms with E-state index in [-0.39, 0.29) is 0 Å². The summed E-state index contributed by atoms with van der Waals surface area (Å²) in [7, 11) is 0. The van der Waals surface area contributed by atoms with Gasteiger partial charge in [0.15, 0.2) is 0 Å². The lowest BCUT2D eigenvalue weighted by atomic mass is 9.97. The second kappa shape index (κ2) is 1.78. The van der Waals surface area contributed by atoms with Crippen LogP contribution in [0.2, 0.25) is 0 Å². The molecule has 2 unspecified atom stereocenters. The Morgan fingerprint density at radius 3 is 1.90 bits per heavy atom. The van der Waals surface area contributed by atoms with Gasteiger partial charge in [-0.2, -0.15) is 0 Å². The quantitative estimate of drug-likeness (QED) is 0.480. The molecule has 0 aromatic rings. The zero-order valence-electron chi connectivity index (χ0n) is 6.55. The van der Waals surface area contributed by atoms with Gasteiger partial charge < -0.3 is 0 Å². The molecular weight excluding hydrogens is 120 g/mol. The average molecular weight is 136 g/mol. The fourth-order valence-corrected chi connectivity index (χ4v) is 3.54. The number of rotatable bonds is 0. The Bertz CT molecular complexity index is 134. The fourth-order valence-electron chi connectivity index (χ4n) is 3.54. The van der Waals surface area contributed by atoms with Crippen molar-refractivity contribution in [1.29, 1.82) is 0 Å². The smallest absolute Gasteiger partial charge is 0.0352 e. The summed E-state index contributed by atoms with van der Waals surface area (Å²) in [5.41, 5.74) is 0. The van der Waals surface area contributed by atoms with Crippen LogP contribution in [-0.4, -0.2) is 0 Å². The molecule has 0 saturated heterocycles. The monoisotopic (exact) mass is 136 g/mol. The van der Waals surface area contributed by atoms with Gasteiger partial charge in [-0.15, -0.1) is 0 Å². The van der Waals surface area contributed by atoms with Crippen molar-refractivity contribution in [3.8, 4) is 0 Å². The maximum absolute atomic E-state index is 1.62. The highest BCUT2D eigenvalue weighted by Gasteiger charge is 2.53. The van der Waals surface area contributed by atoms with E-state index in [0.29, 0.717) is 0 Å². The molecule has 0 aliphatic heterocycles. The van der Waals surface area contributed by atoms with Gasteiger partial charge in [0, 0.05) is 0 Å². The average Bonchev–Trinajstić information content (AvgIpc) is 2.58. The van der Waals surface area contributed by atoms with E-state index in [1.54, 1.807) is 38.5 Å². The number of hydrogen-bond donors (Lipinski definition) is 0. The van der Waals surface area contributed by atoms with E-state index in [9.17, 15) is 0 Å². The van der Waals surface area contributed by atoms with Gasteiger partial charge in [-0.1, -0.05) is 25.7 Å². The van der Waals surface area contributed by atoms with Gasteiger partial charge in [-0.25, -0.2) is 0 Å². The summed E-state index contributed by atoms with van der Waals surface area (Å²) in [4.78, 5) is 0. The molecule has 0 amide bonds. The van der Waals surface area contributed by atoms with Crippen LogP contribution in [0.15, 0.2) is 0 Å². The van der Waals surface area contributed by atoms with E-state index in [0.717, 1.165) is 0 Å². The van der Waals surface area contributed by atoms with Crippen molar-refractivity contribution in [2.45, 2.75) is 38.5 Å². The van der Waals surface area contributed by atoms with Crippen LogP contribution < -0.4 is 0 Å². The zero-order valence-corrected chi connectivity index (χ0v) is 6.55. The van der Waals surface area contributed by atoms with Crippen molar-refractivity contribution >= 4 is 0 Å². The van der Waals surface area contributed by atoms with Crippen LogP contribution in [0.4, 0.5) is 0 Å². The lowest BCUT2D eigenvalue weighted by Crippen LogP contribution is -1.98. The van der Waals surface area contributed by atoms with Crippen LogP contribution in [0.5, 0.6) is 0 Å². The molecule has 0 aromatic heterocycles. The minimum absolute atomic E-state index is 1.19. The fraction of sp³-hybridized carbons (Fsp3) is 1.00.